The number of benzene rings is 2. The average Bonchev–Trinajstić information content (AvgIpc) is 3.10. The number of hydrogen-bond acceptors (Lipinski definition) is 2. The van der Waals surface area contributed by atoms with Gasteiger partial charge >= 0.3 is 0 Å². The van der Waals surface area contributed by atoms with Crippen LogP contribution in [0.15, 0.2) is 77.9 Å². The molecule has 7 heteroatoms. The van der Waals surface area contributed by atoms with Gasteiger partial charge < -0.3 is 14.5 Å². The molecule has 146 valence electrons. The SMILES string of the molecule is O=C(Cn1ccc2ccn(Cc3ccccc3)c2c1=O)Nc1ccc(F)cc1Cl. The van der Waals surface area contributed by atoms with Gasteiger partial charge in [-0.25, -0.2) is 4.39 Å². The van der Waals surface area contributed by atoms with Crippen molar-refractivity contribution in [1.29, 1.82) is 0 Å². The third kappa shape index (κ3) is 4.07. The molecule has 1 N–H and O–H groups in total. The van der Waals surface area contributed by atoms with Crippen molar-refractivity contribution >= 4 is 34.1 Å². The third-order valence-corrected chi connectivity index (χ3v) is 4.92. The Balaban J connectivity index is 1.59. The summed E-state index contributed by atoms with van der Waals surface area (Å²) in [5.74, 6) is -0.921. The van der Waals surface area contributed by atoms with Crippen LogP contribution in [0.3, 0.4) is 0 Å². The van der Waals surface area contributed by atoms with Crippen molar-refractivity contribution in [3.8, 4) is 0 Å². The van der Waals surface area contributed by atoms with E-state index in [0.717, 1.165) is 17.0 Å². The number of anilines is 1. The Morgan fingerprint density at radius 1 is 1.00 bits per heavy atom. The van der Waals surface area contributed by atoms with Crippen molar-refractivity contribution in [1.82, 2.24) is 9.13 Å². The van der Waals surface area contributed by atoms with E-state index in [2.05, 4.69) is 5.32 Å². The Morgan fingerprint density at radius 2 is 1.72 bits per heavy atom. The number of pyridine rings is 1. The van der Waals surface area contributed by atoms with E-state index >= 15 is 0 Å². The second-order valence-corrected chi connectivity index (χ2v) is 7.06. The first-order valence-electron chi connectivity index (χ1n) is 8.98. The Labute approximate surface area is 171 Å². The summed E-state index contributed by atoms with van der Waals surface area (Å²) in [4.78, 5) is 25.4. The second kappa shape index (κ2) is 7.93. The monoisotopic (exact) mass is 409 g/mol. The molecule has 0 aliphatic carbocycles. The summed E-state index contributed by atoms with van der Waals surface area (Å²) in [6.45, 7) is 0.375. The fourth-order valence-corrected chi connectivity index (χ4v) is 3.43. The highest BCUT2D eigenvalue weighted by Crippen LogP contribution is 2.22. The van der Waals surface area contributed by atoms with Crippen molar-refractivity contribution < 1.29 is 9.18 Å². The topological polar surface area (TPSA) is 56.0 Å². The molecule has 29 heavy (non-hydrogen) atoms. The number of carbonyl (C=O) groups is 1. The van der Waals surface area contributed by atoms with Crippen molar-refractivity contribution in [2.45, 2.75) is 13.1 Å². The van der Waals surface area contributed by atoms with Crippen LogP contribution in [0.2, 0.25) is 5.02 Å². The molecule has 0 spiro atoms. The summed E-state index contributed by atoms with van der Waals surface area (Å²) in [5.41, 5.74) is 1.64. The lowest BCUT2D eigenvalue weighted by Crippen LogP contribution is -2.28. The number of carbonyl (C=O) groups excluding carboxylic acids is 1. The average molecular weight is 410 g/mol. The molecule has 2 heterocycles. The van der Waals surface area contributed by atoms with E-state index in [9.17, 15) is 14.0 Å². The lowest BCUT2D eigenvalue weighted by Gasteiger charge is -2.10. The second-order valence-electron chi connectivity index (χ2n) is 6.65. The van der Waals surface area contributed by atoms with Crippen molar-refractivity contribution in [2.75, 3.05) is 5.32 Å². The van der Waals surface area contributed by atoms with Crippen LogP contribution in [0, 0.1) is 5.82 Å². The molecule has 2 aromatic heterocycles. The maximum Gasteiger partial charge on any atom is 0.275 e. The van der Waals surface area contributed by atoms with Gasteiger partial charge in [0.25, 0.3) is 5.56 Å². The van der Waals surface area contributed by atoms with Gasteiger partial charge in [0.2, 0.25) is 5.91 Å². The third-order valence-electron chi connectivity index (χ3n) is 4.61. The highest BCUT2D eigenvalue weighted by Gasteiger charge is 2.12. The lowest BCUT2D eigenvalue weighted by molar-refractivity contribution is -0.116. The van der Waals surface area contributed by atoms with E-state index in [-0.39, 0.29) is 17.1 Å². The standard InChI is InChI=1S/C22H17ClFN3O2/c23-18-12-17(24)6-7-19(18)25-20(28)14-27-11-9-16-8-10-26(21(16)22(27)29)13-15-4-2-1-3-5-15/h1-12H,13-14H2,(H,25,28). The number of aromatic nitrogens is 2. The minimum Gasteiger partial charge on any atom is -0.339 e. The van der Waals surface area contributed by atoms with Gasteiger partial charge in [-0.1, -0.05) is 41.9 Å². The summed E-state index contributed by atoms with van der Waals surface area (Å²) in [5, 5.41) is 3.51. The Morgan fingerprint density at radius 3 is 2.45 bits per heavy atom. The van der Waals surface area contributed by atoms with Crippen molar-refractivity contribution in [2.24, 2.45) is 0 Å². The molecular weight excluding hydrogens is 393 g/mol. The van der Waals surface area contributed by atoms with Gasteiger partial charge in [0.15, 0.2) is 0 Å². The molecule has 0 aliphatic heterocycles. The number of nitrogens with zero attached hydrogens (tertiary/aromatic N) is 2. The molecule has 4 rings (SSSR count). The van der Waals surface area contributed by atoms with E-state index in [1.165, 1.54) is 16.7 Å². The van der Waals surface area contributed by atoms with Crippen molar-refractivity contribution in [3.05, 3.63) is 99.8 Å². The highest BCUT2D eigenvalue weighted by molar-refractivity contribution is 6.33. The summed E-state index contributed by atoms with van der Waals surface area (Å²) >= 11 is 5.94. The number of nitrogens with one attached hydrogen (secondary N) is 1. The van der Waals surface area contributed by atoms with Crippen LogP contribution >= 0.6 is 11.6 Å². The quantitative estimate of drug-likeness (QED) is 0.534. The van der Waals surface area contributed by atoms with E-state index in [1.807, 2.05) is 47.2 Å². The largest absolute Gasteiger partial charge is 0.339 e. The minimum atomic E-state index is -0.492. The fraction of sp³-hybridized carbons (Fsp3) is 0.0909. The zero-order valence-electron chi connectivity index (χ0n) is 15.3. The summed E-state index contributed by atoms with van der Waals surface area (Å²) in [6, 6.07) is 17.2. The molecular formula is C22H17ClFN3O2. The number of rotatable bonds is 5. The van der Waals surface area contributed by atoms with E-state index in [4.69, 9.17) is 11.6 Å². The number of halogens is 2. The molecule has 4 aromatic rings. The Bertz CT molecular complexity index is 1250. The van der Waals surface area contributed by atoms with Gasteiger partial charge in [-0.3, -0.25) is 9.59 Å². The van der Waals surface area contributed by atoms with Gasteiger partial charge in [-0.05, 0) is 35.9 Å². The molecule has 0 saturated carbocycles. The first-order chi connectivity index (χ1) is 14.0. The summed E-state index contributed by atoms with van der Waals surface area (Å²) < 4.78 is 16.4. The zero-order chi connectivity index (χ0) is 20.4. The number of hydrogen-bond donors (Lipinski definition) is 1. The zero-order valence-corrected chi connectivity index (χ0v) is 16.1. The van der Waals surface area contributed by atoms with Gasteiger partial charge in [-0.15, -0.1) is 0 Å². The Kier molecular flexibility index (Phi) is 5.18. The smallest absolute Gasteiger partial charge is 0.275 e. The van der Waals surface area contributed by atoms with Crippen molar-refractivity contribution in [3.63, 3.8) is 0 Å². The van der Waals surface area contributed by atoms with Crippen LogP contribution in [0.4, 0.5) is 10.1 Å². The normalized spacial score (nSPS) is 11.0. The molecule has 0 bridgehead atoms. The van der Waals surface area contributed by atoms with Gasteiger partial charge in [0, 0.05) is 24.3 Å². The lowest BCUT2D eigenvalue weighted by atomic mass is 10.2. The fourth-order valence-electron chi connectivity index (χ4n) is 3.22. The minimum absolute atomic E-state index is 0.0953. The van der Waals surface area contributed by atoms with Crippen LogP contribution in [-0.2, 0) is 17.9 Å². The summed E-state index contributed by atoms with van der Waals surface area (Å²) in [6.07, 6.45) is 3.45. The molecule has 0 aliphatic rings. The molecule has 1 amide bonds. The number of fused-ring (bicyclic) bond motifs is 1. The van der Waals surface area contributed by atoms with Crippen LogP contribution < -0.4 is 10.9 Å². The maximum atomic E-state index is 13.2. The summed E-state index contributed by atoms with van der Waals surface area (Å²) in [7, 11) is 0. The Hall–Kier alpha value is -3.38. The molecule has 0 saturated heterocycles. The van der Waals surface area contributed by atoms with Crippen LogP contribution in [0.5, 0.6) is 0 Å². The van der Waals surface area contributed by atoms with Gasteiger partial charge in [-0.2, -0.15) is 0 Å². The first kappa shape index (κ1) is 19.0. The van der Waals surface area contributed by atoms with Crippen LogP contribution in [0.1, 0.15) is 5.56 Å². The van der Waals surface area contributed by atoms with E-state index in [0.29, 0.717) is 17.7 Å². The van der Waals surface area contributed by atoms with Crippen LogP contribution in [0.25, 0.3) is 10.9 Å². The van der Waals surface area contributed by atoms with E-state index < -0.39 is 11.7 Å². The number of amides is 1. The molecule has 5 nitrogen and oxygen atoms in total. The molecule has 2 aromatic carbocycles. The molecule has 0 radical (unpaired) electrons. The maximum absolute atomic E-state index is 13.2. The van der Waals surface area contributed by atoms with Gasteiger partial charge in [0.1, 0.15) is 17.9 Å². The van der Waals surface area contributed by atoms with Gasteiger partial charge in [0.05, 0.1) is 10.7 Å². The highest BCUT2D eigenvalue weighted by atomic mass is 35.5. The molecule has 0 fully saturated rings. The predicted molar refractivity (Wildman–Crippen MR) is 112 cm³/mol. The van der Waals surface area contributed by atoms with Crippen LogP contribution in [-0.4, -0.2) is 15.0 Å². The molecule has 0 unspecified atom stereocenters. The predicted octanol–water partition coefficient (Wildman–Crippen LogP) is 4.28. The van der Waals surface area contributed by atoms with E-state index in [1.54, 1.807) is 12.3 Å². The molecule has 0 atom stereocenters. The first-order valence-corrected chi connectivity index (χ1v) is 9.36.